The molecule has 1 aromatic carbocycles. The first-order chi connectivity index (χ1) is 8.90. The van der Waals surface area contributed by atoms with Crippen molar-refractivity contribution in [3.8, 4) is 0 Å². The molecule has 0 bridgehead atoms. The Labute approximate surface area is 113 Å². The maximum Gasteiger partial charge on any atom is 0.303 e. The number of amides is 1. The second-order valence-electron chi connectivity index (χ2n) is 5.08. The third-order valence-corrected chi connectivity index (χ3v) is 3.01. The van der Waals surface area contributed by atoms with Crippen LogP contribution in [-0.2, 0) is 4.79 Å². The highest BCUT2D eigenvalue weighted by atomic mass is 16.4. The molecule has 2 N–H and O–H groups in total. The topological polar surface area (TPSA) is 66.4 Å². The van der Waals surface area contributed by atoms with Gasteiger partial charge in [0.15, 0.2) is 0 Å². The maximum atomic E-state index is 11.9. The molecule has 0 aliphatic rings. The molecule has 0 aliphatic carbocycles. The summed E-state index contributed by atoms with van der Waals surface area (Å²) < 4.78 is 0. The molecule has 0 heterocycles. The van der Waals surface area contributed by atoms with E-state index >= 15 is 0 Å². The molecule has 0 aliphatic heterocycles. The minimum Gasteiger partial charge on any atom is -0.481 e. The van der Waals surface area contributed by atoms with Crippen molar-refractivity contribution in [2.45, 2.75) is 45.6 Å². The number of nitrogens with one attached hydrogen (secondary N) is 1. The Morgan fingerprint density at radius 1 is 1.16 bits per heavy atom. The normalized spacial score (nSPS) is 12.2. The average Bonchev–Trinajstić information content (AvgIpc) is 2.36. The van der Waals surface area contributed by atoms with Crippen LogP contribution in [0.5, 0.6) is 0 Å². The van der Waals surface area contributed by atoms with Gasteiger partial charge in [0, 0.05) is 18.0 Å². The van der Waals surface area contributed by atoms with E-state index in [9.17, 15) is 9.59 Å². The molecule has 0 radical (unpaired) electrons. The quantitative estimate of drug-likeness (QED) is 0.829. The van der Waals surface area contributed by atoms with Crippen LogP contribution >= 0.6 is 0 Å². The predicted molar refractivity (Wildman–Crippen MR) is 74.3 cm³/mol. The van der Waals surface area contributed by atoms with Crippen molar-refractivity contribution in [3.63, 3.8) is 0 Å². The van der Waals surface area contributed by atoms with E-state index in [4.69, 9.17) is 5.11 Å². The van der Waals surface area contributed by atoms with Crippen LogP contribution in [0.1, 0.15) is 55.5 Å². The third-order valence-electron chi connectivity index (χ3n) is 3.01. The zero-order valence-electron chi connectivity index (χ0n) is 11.6. The van der Waals surface area contributed by atoms with Gasteiger partial charge in [0.2, 0.25) is 0 Å². The van der Waals surface area contributed by atoms with Gasteiger partial charge in [0.1, 0.15) is 0 Å². The van der Waals surface area contributed by atoms with Crippen LogP contribution in [-0.4, -0.2) is 23.0 Å². The highest BCUT2D eigenvalue weighted by molar-refractivity contribution is 5.94. The summed E-state index contributed by atoms with van der Waals surface area (Å²) in [5, 5.41) is 11.4. The van der Waals surface area contributed by atoms with Crippen LogP contribution in [0.2, 0.25) is 0 Å². The van der Waals surface area contributed by atoms with Crippen LogP contribution in [0.3, 0.4) is 0 Å². The lowest BCUT2D eigenvalue weighted by Crippen LogP contribution is -2.32. The summed E-state index contributed by atoms with van der Waals surface area (Å²) in [5.41, 5.74) is 1.79. The zero-order chi connectivity index (χ0) is 14.4. The third kappa shape index (κ3) is 5.12. The van der Waals surface area contributed by atoms with E-state index in [2.05, 4.69) is 19.2 Å². The fourth-order valence-corrected chi connectivity index (χ4v) is 1.74. The molecule has 1 rings (SSSR count). The van der Waals surface area contributed by atoms with Crippen molar-refractivity contribution < 1.29 is 14.7 Å². The van der Waals surface area contributed by atoms with Gasteiger partial charge in [-0.3, -0.25) is 9.59 Å². The largest absolute Gasteiger partial charge is 0.481 e. The van der Waals surface area contributed by atoms with Gasteiger partial charge in [0.25, 0.3) is 5.91 Å². The number of aliphatic carboxylic acids is 1. The molecular formula is C15H21NO3. The van der Waals surface area contributed by atoms with Gasteiger partial charge >= 0.3 is 5.97 Å². The highest BCUT2D eigenvalue weighted by Gasteiger charge is 2.11. The number of hydrogen-bond acceptors (Lipinski definition) is 2. The molecule has 1 atom stereocenters. The van der Waals surface area contributed by atoms with Gasteiger partial charge in [-0.1, -0.05) is 26.0 Å². The Hall–Kier alpha value is -1.84. The summed E-state index contributed by atoms with van der Waals surface area (Å²) in [6.45, 7) is 6.01. The van der Waals surface area contributed by atoms with E-state index < -0.39 is 5.97 Å². The number of carbonyl (C=O) groups is 2. The number of carboxylic acid groups (broad SMARTS) is 1. The van der Waals surface area contributed by atoms with E-state index in [1.165, 1.54) is 5.56 Å². The van der Waals surface area contributed by atoms with Gasteiger partial charge in [-0.2, -0.15) is 0 Å². The molecule has 104 valence electrons. The summed E-state index contributed by atoms with van der Waals surface area (Å²) in [6, 6.07) is 7.35. The first-order valence-corrected chi connectivity index (χ1v) is 6.52. The number of benzene rings is 1. The molecule has 1 aromatic rings. The Kier molecular flexibility index (Phi) is 5.55. The van der Waals surface area contributed by atoms with Gasteiger partial charge in [0.05, 0.1) is 0 Å². The summed E-state index contributed by atoms with van der Waals surface area (Å²) in [7, 11) is 0. The molecule has 0 aromatic heterocycles. The SMILES string of the molecule is CC(CCC(=O)O)NC(=O)c1ccc(C(C)C)cc1. The van der Waals surface area contributed by atoms with Crippen molar-refractivity contribution in [2.75, 3.05) is 0 Å². The molecule has 0 saturated carbocycles. The fraction of sp³-hybridized carbons (Fsp3) is 0.467. The minimum atomic E-state index is -0.845. The second-order valence-corrected chi connectivity index (χ2v) is 5.08. The number of carboxylic acids is 1. The van der Waals surface area contributed by atoms with Crippen LogP contribution in [0.15, 0.2) is 24.3 Å². The van der Waals surface area contributed by atoms with Gasteiger partial charge < -0.3 is 10.4 Å². The summed E-state index contributed by atoms with van der Waals surface area (Å²) in [6.07, 6.45) is 0.499. The molecule has 1 amide bonds. The summed E-state index contributed by atoms with van der Waals surface area (Å²) in [5.74, 6) is -0.567. The summed E-state index contributed by atoms with van der Waals surface area (Å²) in [4.78, 5) is 22.4. The monoisotopic (exact) mass is 263 g/mol. The molecule has 4 nitrogen and oxygen atoms in total. The fourth-order valence-electron chi connectivity index (χ4n) is 1.74. The Morgan fingerprint density at radius 2 is 1.74 bits per heavy atom. The smallest absolute Gasteiger partial charge is 0.303 e. The molecule has 0 fully saturated rings. The van der Waals surface area contributed by atoms with Crippen LogP contribution in [0.4, 0.5) is 0 Å². The second kappa shape index (κ2) is 6.92. The Morgan fingerprint density at radius 3 is 2.21 bits per heavy atom. The van der Waals surface area contributed by atoms with E-state index in [0.717, 1.165) is 0 Å². The van der Waals surface area contributed by atoms with E-state index in [-0.39, 0.29) is 18.4 Å². The van der Waals surface area contributed by atoms with E-state index in [1.807, 2.05) is 19.1 Å². The van der Waals surface area contributed by atoms with E-state index in [1.54, 1.807) is 12.1 Å². The van der Waals surface area contributed by atoms with Crippen molar-refractivity contribution >= 4 is 11.9 Å². The lowest BCUT2D eigenvalue weighted by molar-refractivity contribution is -0.137. The standard InChI is InChI=1S/C15H21NO3/c1-10(2)12-5-7-13(8-6-12)15(19)16-11(3)4-9-14(17)18/h5-8,10-11H,4,9H2,1-3H3,(H,16,19)(H,17,18). The highest BCUT2D eigenvalue weighted by Crippen LogP contribution is 2.14. The van der Waals surface area contributed by atoms with Crippen molar-refractivity contribution in [3.05, 3.63) is 35.4 Å². The molecule has 0 spiro atoms. The van der Waals surface area contributed by atoms with Crippen LogP contribution < -0.4 is 5.32 Å². The Balaban J connectivity index is 2.55. The first-order valence-electron chi connectivity index (χ1n) is 6.52. The van der Waals surface area contributed by atoms with Gasteiger partial charge in [-0.15, -0.1) is 0 Å². The average molecular weight is 263 g/mol. The van der Waals surface area contributed by atoms with Gasteiger partial charge in [-0.05, 0) is 37.0 Å². The van der Waals surface area contributed by atoms with E-state index in [0.29, 0.717) is 17.9 Å². The molecule has 1 unspecified atom stereocenters. The number of rotatable bonds is 6. The molecular weight excluding hydrogens is 242 g/mol. The zero-order valence-corrected chi connectivity index (χ0v) is 11.6. The van der Waals surface area contributed by atoms with Crippen molar-refractivity contribution in [1.82, 2.24) is 5.32 Å². The Bertz CT molecular complexity index is 437. The molecule has 4 heteroatoms. The first kappa shape index (κ1) is 15.2. The number of hydrogen-bond donors (Lipinski definition) is 2. The van der Waals surface area contributed by atoms with Crippen molar-refractivity contribution in [2.24, 2.45) is 0 Å². The predicted octanol–water partition coefficient (Wildman–Crippen LogP) is 2.79. The minimum absolute atomic E-state index is 0.0632. The molecule has 0 saturated heterocycles. The van der Waals surface area contributed by atoms with Crippen LogP contribution in [0.25, 0.3) is 0 Å². The lowest BCUT2D eigenvalue weighted by atomic mass is 10.0. The molecule has 19 heavy (non-hydrogen) atoms. The summed E-state index contributed by atoms with van der Waals surface area (Å²) >= 11 is 0. The van der Waals surface area contributed by atoms with Crippen molar-refractivity contribution in [1.29, 1.82) is 0 Å². The maximum absolute atomic E-state index is 11.9. The van der Waals surface area contributed by atoms with Gasteiger partial charge in [-0.25, -0.2) is 0 Å². The van der Waals surface area contributed by atoms with Crippen LogP contribution in [0, 0.1) is 0 Å². The number of carbonyl (C=O) groups excluding carboxylic acids is 1. The lowest BCUT2D eigenvalue weighted by Gasteiger charge is -2.13.